The van der Waals surface area contributed by atoms with Gasteiger partial charge < -0.3 is 4.74 Å². The van der Waals surface area contributed by atoms with Gasteiger partial charge in [0.05, 0.1) is 10.5 Å². The molecule has 0 bridgehead atoms. The smallest absolute Gasteiger partial charge is 0.341 e. The lowest BCUT2D eigenvalue weighted by molar-refractivity contribution is 0.0467. The van der Waals surface area contributed by atoms with Crippen LogP contribution in [0.5, 0.6) is 0 Å². The number of benzene rings is 2. The van der Waals surface area contributed by atoms with Gasteiger partial charge in [-0.25, -0.2) is 17.6 Å². The Morgan fingerprint density at radius 2 is 1.81 bits per heavy atom. The molecule has 4 nitrogen and oxygen atoms in total. The molecule has 0 aliphatic heterocycles. The van der Waals surface area contributed by atoms with Gasteiger partial charge in [0.1, 0.15) is 12.4 Å². The average Bonchev–Trinajstić information content (AvgIpc) is 2.45. The van der Waals surface area contributed by atoms with E-state index in [1.165, 1.54) is 6.07 Å². The Morgan fingerprint density at radius 1 is 1.14 bits per heavy atom. The second kappa shape index (κ2) is 6.05. The van der Waals surface area contributed by atoms with Gasteiger partial charge in [-0.05, 0) is 23.8 Å². The van der Waals surface area contributed by atoms with E-state index in [0.717, 1.165) is 24.0 Å². The van der Waals surface area contributed by atoms with Crippen molar-refractivity contribution >= 4 is 15.8 Å². The Bertz CT molecular complexity index is 754. The highest BCUT2D eigenvalue weighted by atomic mass is 32.2. The van der Waals surface area contributed by atoms with E-state index < -0.39 is 21.6 Å². The first kappa shape index (κ1) is 15.2. The van der Waals surface area contributed by atoms with Crippen LogP contribution in [0.2, 0.25) is 0 Å². The summed E-state index contributed by atoms with van der Waals surface area (Å²) in [6, 6.07) is 12.1. The maximum Gasteiger partial charge on any atom is 0.341 e. The lowest BCUT2D eigenvalue weighted by Crippen LogP contribution is -2.09. The number of rotatable bonds is 4. The van der Waals surface area contributed by atoms with Crippen LogP contribution in [0, 0.1) is 5.82 Å². The molecule has 2 aromatic carbocycles. The number of esters is 1. The second-order valence-corrected chi connectivity index (χ2v) is 6.49. The fourth-order valence-corrected chi connectivity index (χ4v) is 2.33. The molecule has 0 amide bonds. The van der Waals surface area contributed by atoms with E-state index in [1.807, 2.05) is 6.07 Å². The molecule has 0 fully saturated rings. The van der Waals surface area contributed by atoms with Crippen LogP contribution in [0.25, 0.3) is 0 Å². The zero-order valence-corrected chi connectivity index (χ0v) is 12.1. The zero-order chi connectivity index (χ0) is 15.5. The normalized spacial score (nSPS) is 11.1. The Balaban J connectivity index is 2.13. The molecule has 0 N–H and O–H groups in total. The molecule has 2 rings (SSSR count). The van der Waals surface area contributed by atoms with Crippen molar-refractivity contribution in [3.8, 4) is 0 Å². The van der Waals surface area contributed by atoms with E-state index in [2.05, 4.69) is 0 Å². The number of halogens is 1. The SMILES string of the molecule is CS(=O)(=O)c1ccc(C(=O)OCc2ccccc2)c(F)c1. The first-order valence-electron chi connectivity index (χ1n) is 6.08. The fourth-order valence-electron chi connectivity index (χ4n) is 1.69. The van der Waals surface area contributed by atoms with Crippen LogP contribution < -0.4 is 0 Å². The van der Waals surface area contributed by atoms with Crippen molar-refractivity contribution in [1.82, 2.24) is 0 Å². The van der Waals surface area contributed by atoms with Crippen LogP contribution in [0.3, 0.4) is 0 Å². The number of hydrogen-bond acceptors (Lipinski definition) is 4. The predicted molar refractivity (Wildman–Crippen MR) is 75.1 cm³/mol. The minimum atomic E-state index is -3.52. The fraction of sp³-hybridized carbons (Fsp3) is 0.133. The molecule has 21 heavy (non-hydrogen) atoms. The van der Waals surface area contributed by atoms with Crippen molar-refractivity contribution < 1.29 is 22.3 Å². The van der Waals surface area contributed by atoms with Crippen LogP contribution in [0.1, 0.15) is 15.9 Å². The molecule has 0 radical (unpaired) electrons. The van der Waals surface area contributed by atoms with Gasteiger partial charge in [0.15, 0.2) is 9.84 Å². The standard InChI is InChI=1S/C15H13FO4S/c1-21(18,19)12-7-8-13(14(16)9-12)15(17)20-10-11-5-3-2-4-6-11/h2-9H,10H2,1H3. The summed E-state index contributed by atoms with van der Waals surface area (Å²) in [5.74, 6) is -1.76. The molecule has 0 saturated heterocycles. The third-order valence-corrected chi connectivity index (χ3v) is 3.91. The van der Waals surface area contributed by atoms with Gasteiger partial charge >= 0.3 is 5.97 Å². The van der Waals surface area contributed by atoms with Gasteiger partial charge in [-0.15, -0.1) is 0 Å². The van der Waals surface area contributed by atoms with Crippen LogP contribution in [0.4, 0.5) is 4.39 Å². The molecule has 0 unspecified atom stereocenters. The summed E-state index contributed by atoms with van der Waals surface area (Å²) in [5.41, 5.74) is 0.484. The number of ether oxygens (including phenoxy) is 1. The van der Waals surface area contributed by atoms with E-state index >= 15 is 0 Å². The zero-order valence-electron chi connectivity index (χ0n) is 11.2. The molecule has 0 aliphatic rings. The summed E-state index contributed by atoms with van der Waals surface area (Å²) in [4.78, 5) is 11.6. The largest absolute Gasteiger partial charge is 0.457 e. The molecule has 110 valence electrons. The summed E-state index contributed by atoms with van der Waals surface area (Å²) >= 11 is 0. The minimum Gasteiger partial charge on any atom is -0.457 e. The molecular formula is C15H13FO4S. The van der Waals surface area contributed by atoms with Crippen molar-refractivity contribution in [3.05, 3.63) is 65.5 Å². The van der Waals surface area contributed by atoms with Crippen LogP contribution in [-0.4, -0.2) is 20.6 Å². The molecule has 6 heteroatoms. The summed E-state index contributed by atoms with van der Waals surface area (Å²) in [7, 11) is -3.52. The van der Waals surface area contributed by atoms with Gasteiger partial charge in [0.2, 0.25) is 0 Å². The lowest BCUT2D eigenvalue weighted by atomic mass is 10.2. The second-order valence-electron chi connectivity index (χ2n) is 4.48. The van der Waals surface area contributed by atoms with Gasteiger partial charge in [-0.3, -0.25) is 0 Å². The number of hydrogen-bond donors (Lipinski definition) is 0. The Hall–Kier alpha value is -2.21. The van der Waals surface area contributed by atoms with Crippen molar-refractivity contribution in [1.29, 1.82) is 0 Å². The predicted octanol–water partition coefficient (Wildman–Crippen LogP) is 2.59. The third-order valence-electron chi connectivity index (χ3n) is 2.80. The first-order valence-corrected chi connectivity index (χ1v) is 7.98. The number of sulfone groups is 1. The van der Waals surface area contributed by atoms with Gasteiger partial charge in [-0.2, -0.15) is 0 Å². The number of carbonyl (C=O) groups excluding carboxylic acids is 1. The minimum absolute atomic E-state index is 0.0208. The summed E-state index contributed by atoms with van der Waals surface area (Å²) in [6.45, 7) is 0.0208. The van der Waals surface area contributed by atoms with Gasteiger partial charge in [0.25, 0.3) is 0 Å². The molecule has 2 aromatic rings. The van der Waals surface area contributed by atoms with E-state index in [4.69, 9.17) is 4.74 Å². The highest BCUT2D eigenvalue weighted by Crippen LogP contribution is 2.16. The highest BCUT2D eigenvalue weighted by molar-refractivity contribution is 7.90. The topological polar surface area (TPSA) is 60.4 Å². The van der Waals surface area contributed by atoms with E-state index in [1.54, 1.807) is 24.3 Å². The van der Waals surface area contributed by atoms with Crippen LogP contribution in [-0.2, 0) is 21.2 Å². The lowest BCUT2D eigenvalue weighted by Gasteiger charge is -2.07. The Labute approximate surface area is 122 Å². The van der Waals surface area contributed by atoms with Crippen LogP contribution in [0.15, 0.2) is 53.4 Å². The summed E-state index contributed by atoms with van der Waals surface area (Å²) < 4.78 is 41.4. The molecule has 0 atom stereocenters. The van der Waals surface area contributed by atoms with Crippen molar-refractivity contribution in [3.63, 3.8) is 0 Å². The molecular weight excluding hydrogens is 295 g/mol. The van der Waals surface area contributed by atoms with E-state index in [0.29, 0.717) is 0 Å². The molecule has 0 saturated carbocycles. The maximum absolute atomic E-state index is 13.8. The summed E-state index contributed by atoms with van der Waals surface area (Å²) in [6.07, 6.45) is 0.967. The summed E-state index contributed by atoms with van der Waals surface area (Å²) in [5, 5.41) is 0. The van der Waals surface area contributed by atoms with Crippen molar-refractivity contribution in [2.75, 3.05) is 6.26 Å². The van der Waals surface area contributed by atoms with Gasteiger partial charge in [0, 0.05) is 6.26 Å². The monoisotopic (exact) mass is 308 g/mol. The first-order chi connectivity index (χ1) is 9.88. The maximum atomic E-state index is 13.8. The average molecular weight is 308 g/mol. The molecule has 0 aromatic heterocycles. The van der Waals surface area contributed by atoms with Gasteiger partial charge in [-0.1, -0.05) is 30.3 Å². The quantitative estimate of drug-likeness (QED) is 0.815. The highest BCUT2D eigenvalue weighted by Gasteiger charge is 2.17. The Morgan fingerprint density at radius 3 is 2.38 bits per heavy atom. The molecule has 0 heterocycles. The molecule has 0 aliphatic carbocycles. The van der Waals surface area contributed by atoms with Crippen molar-refractivity contribution in [2.45, 2.75) is 11.5 Å². The Kier molecular flexibility index (Phi) is 4.37. The van der Waals surface area contributed by atoms with E-state index in [9.17, 15) is 17.6 Å². The third kappa shape index (κ3) is 3.88. The van der Waals surface area contributed by atoms with Crippen molar-refractivity contribution in [2.24, 2.45) is 0 Å². The molecule has 0 spiro atoms. The van der Waals surface area contributed by atoms with E-state index in [-0.39, 0.29) is 17.1 Å². The van der Waals surface area contributed by atoms with Crippen LogP contribution >= 0.6 is 0 Å². The number of carbonyl (C=O) groups is 1.